The van der Waals surface area contributed by atoms with Crippen molar-refractivity contribution in [2.24, 2.45) is 5.92 Å². The van der Waals surface area contributed by atoms with E-state index in [1.54, 1.807) is 5.57 Å². The molecule has 0 amide bonds. The fraction of sp³-hybridized carbons (Fsp3) is 0.444. The Morgan fingerprint density at radius 1 is 1.44 bits per heavy atom. The molecule has 0 heterocycles. The third-order valence-corrected chi connectivity index (χ3v) is 2.21. The van der Waals surface area contributed by atoms with Crippen LogP contribution in [-0.4, -0.2) is 0 Å². The molecule has 0 aromatic rings. The SMILES string of the molecule is [CH]1CCC2CC=CC=C12. The summed E-state index contributed by atoms with van der Waals surface area (Å²) >= 11 is 0. The molecule has 2 rings (SSSR count). The highest BCUT2D eigenvalue weighted by molar-refractivity contribution is 5.30. The Bertz CT molecular complexity index is 163. The summed E-state index contributed by atoms with van der Waals surface area (Å²) in [6.45, 7) is 0. The van der Waals surface area contributed by atoms with Gasteiger partial charge < -0.3 is 0 Å². The van der Waals surface area contributed by atoms with Crippen LogP contribution in [0.2, 0.25) is 0 Å². The molecule has 0 aliphatic heterocycles. The van der Waals surface area contributed by atoms with Gasteiger partial charge in [0, 0.05) is 0 Å². The lowest BCUT2D eigenvalue weighted by Gasteiger charge is -2.10. The molecule has 1 fully saturated rings. The Balaban J connectivity index is 2.23. The predicted octanol–water partition coefficient (Wildman–Crippen LogP) is 2.49. The van der Waals surface area contributed by atoms with E-state index in [-0.39, 0.29) is 0 Å². The Morgan fingerprint density at radius 3 is 3.33 bits per heavy atom. The Morgan fingerprint density at radius 2 is 2.44 bits per heavy atom. The lowest BCUT2D eigenvalue weighted by atomic mass is 9.95. The van der Waals surface area contributed by atoms with Crippen LogP contribution in [0.1, 0.15) is 19.3 Å². The van der Waals surface area contributed by atoms with Gasteiger partial charge in [0.2, 0.25) is 0 Å². The van der Waals surface area contributed by atoms with Gasteiger partial charge >= 0.3 is 0 Å². The summed E-state index contributed by atoms with van der Waals surface area (Å²) in [7, 11) is 0. The summed E-state index contributed by atoms with van der Waals surface area (Å²) in [6, 6.07) is 0. The molecular weight excluding hydrogens is 108 g/mol. The molecule has 0 nitrogen and oxygen atoms in total. The van der Waals surface area contributed by atoms with E-state index in [1.807, 2.05) is 0 Å². The highest BCUT2D eigenvalue weighted by Crippen LogP contribution is 2.34. The Hall–Kier alpha value is -0.520. The number of hydrogen-bond acceptors (Lipinski definition) is 0. The van der Waals surface area contributed by atoms with E-state index in [9.17, 15) is 0 Å². The smallest absolute Gasteiger partial charge is 0.0131 e. The van der Waals surface area contributed by atoms with Gasteiger partial charge in [0.05, 0.1) is 0 Å². The molecular formula is C9H11. The monoisotopic (exact) mass is 119 g/mol. The van der Waals surface area contributed by atoms with Crippen molar-refractivity contribution in [3.8, 4) is 0 Å². The van der Waals surface area contributed by atoms with Crippen molar-refractivity contribution in [1.29, 1.82) is 0 Å². The zero-order valence-corrected chi connectivity index (χ0v) is 5.51. The molecule has 2 aliphatic rings. The molecule has 0 heteroatoms. The Labute approximate surface area is 56.3 Å². The van der Waals surface area contributed by atoms with Crippen LogP contribution in [0.25, 0.3) is 0 Å². The fourth-order valence-electron chi connectivity index (χ4n) is 1.66. The molecule has 1 atom stereocenters. The molecule has 9 heavy (non-hydrogen) atoms. The zero-order chi connectivity index (χ0) is 6.10. The first-order valence-electron chi connectivity index (χ1n) is 3.67. The molecule has 47 valence electrons. The van der Waals surface area contributed by atoms with Crippen molar-refractivity contribution in [3.05, 3.63) is 30.2 Å². The highest BCUT2D eigenvalue weighted by Gasteiger charge is 2.20. The zero-order valence-electron chi connectivity index (χ0n) is 5.51. The van der Waals surface area contributed by atoms with Gasteiger partial charge in [-0.1, -0.05) is 23.8 Å². The summed E-state index contributed by atoms with van der Waals surface area (Å²) < 4.78 is 0. The van der Waals surface area contributed by atoms with Crippen molar-refractivity contribution in [1.82, 2.24) is 0 Å². The molecule has 1 saturated carbocycles. The van der Waals surface area contributed by atoms with Gasteiger partial charge in [-0.3, -0.25) is 0 Å². The average Bonchev–Trinajstić information content (AvgIpc) is 2.33. The fourth-order valence-corrected chi connectivity index (χ4v) is 1.66. The Kier molecular flexibility index (Phi) is 1.18. The first kappa shape index (κ1) is 5.28. The van der Waals surface area contributed by atoms with Gasteiger partial charge in [0.25, 0.3) is 0 Å². The van der Waals surface area contributed by atoms with E-state index in [1.165, 1.54) is 19.3 Å². The van der Waals surface area contributed by atoms with E-state index in [0.29, 0.717) is 0 Å². The average molecular weight is 119 g/mol. The van der Waals surface area contributed by atoms with Crippen LogP contribution >= 0.6 is 0 Å². The maximum absolute atomic E-state index is 2.37. The summed E-state index contributed by atoms with van der Waals surface area (Å²) in [4.78, 5) is 0. The third-order valence-electron chi connectivity index (χ3n) is 2.21. The topological polar surface area (TPSA) is 0 Å². The van der Waals surface area contributed by atoms with Gasteiger partial charge in [0.15, 0.2) is 0 Å². The third kappa shape index (κ3) is 0.827. The van der Waals surface area contributed by atoms with E-state index >= 15 is 0 Å². The quantitative estimate of drug-likeness (QED) is 0.459. The van der Waals surface area contributed by atoms with Gasteiger partial charge in [-0.2, -0.15) is 0 Å². The lowest BCUT2D eigenvalue weighted by Crippen LogP contribution is -1.96. The maximum Gasteiger partial charge on any atom is -0.0131 e. The largest absolute Gasteiger partial charge is 0.0839 e. The van der Waals surface area contributed by atoms with E-state index in [4.69, 9.17) is 0 Å². The highest BCUT2D eigenvalue weighted by atomic mass is 14.2. The maximum atomic E-state index is 2.37. The first-order chi connectivity index (χ1) is 4.47. The van der Waals surface area contributed by atoms with E-state index in [0.717, 1.165) is 5.92 Å². The summed E-state index contributed by atoms with van der Waals surface area (Å²) in [5.41, 5.74) is 1.58. The van der Waals surface area contributed by atoms with Crippen LogP contribution < -0.4 is 0 Å². The molecule has 1 unspecified atom stereocenters. The predicted molar refractivity (Wildman–Crippen MR) is 38.9 cm³/mol. The first-order valence-corrected chi connectivity index (χ1v) is 3.67. The minimum Gasteiger partial charge on any atom is -0.0839 e. The van der Waals surface area contributed by atoms with Gasteiger partial charge in [0.1, 0.15) is 0 Å². The van der Waals surface area contributed by atoms with Gasteiger partial charge in [-0.05, 0) is 31.6 Å². The molecule has 0 spiro atoms. The van der Waals surface area contributed by atoms with Crippen molar-refractivity contribution >= 4 is 0 Å². The van der Waals surface area contributed by atoms with Crippen LogP contribution in [0.4, 0.5) is 0 Å². The normalized spacial score (nSPS) is 32.0. The molecule has 0 N–H and O–H groups in total. The summed E-state index contributed by atoms with van der Waals surface area (Å²) in [5.74, 6) is 0.884. The van der Waals surface area contributed by atoms with Gasteiger partial charge in [-0.25, -0.2) is 0 Å². The second-order valence-corrected chi connectivity index (χ2v) is 2.81. The minimum absolute atomic E-state index is 0.884. The van der Waals surface area contributed by atoms with Crippen LogP contribution in [0.5, 0.6) is 0 Å². The minimum atomic E-state index is 0.884. The molecule has 0 aromatic heterocycles. The van der Waals surface area contributed by atoms with Crippen molar-refractivity contribution in [2.75, 3.05) is 0 Å². The molecule has 1 radical (unpaired) electrons. The van der Waals surface area contributed by atoms with Crippen LogP contribution in [0, 0.1) is 12.3 Å². The number of rotatable bonds is 0. The van der Waals surface area contributed by atoms with Crippen LogP contribution in [0.15, 0.2) is 23.8 Å². The van der Waals surface area contributed by atoms with E-state index < -0.39 is 0 Å². The number of fused-ring (bicyclic) bond motifs is 1. The second-order valence-electron chi connectivity index (χ2n) is 2.81. The van der Waals surface area contributed by atoms with Crippen LogP contribution in [0.3, 0.4) is 0 Å². The summed E-state index contributed by atoms with van der Waals surface area (Å²) in [5, 5.41) is 0. The molecule has 0 aromatic carbocycles. The van der Waals surface area contributed by atoms with E-state index in [2.05, 4.69) is 24.6 Å². The van der Waals surface area contributed by atoms with Gasteiger partial charge in [-0.15, -0.1) is 0 Å². The lowest BCUT2D eigenvalue weighted by molar-refractivity contribution is 0.633. The molecule has 2 aliphatic carbocycles. The molecule has 0 saturated heterocycles. The van der Waals surface area contributed by atoms with Crippen molar-refractivity contribution in [2.45, 2.75) is 19.3 Å². The van der Waals surface area contributed by atoms with Crippen molar-refractivity contribution < 1.29 is 0 Å². The summed E-state index contributed by atoms with van der Waals surface area (Å²) in [6.07, 6.45) is 13.0. The second kappa shape index (κ2) is 2.02. The van der Waals surface area contributed by atoms with Crippen molar-refractivity contribution in [3.63, 3.8) is 0 Å². The number of hydrogen-bond donors (Lipinski definition) is 0. The number of allylic oxidation sites excluding steroid dienone is 4. The standard InChI is InChI=1S/C9H11/c1-2-5-9-7-3-6-8(9)4-1/h1-2,4,6,9H,3,5,7H2. The van der Waals surface area contributed by atoms with Crippen LogP contribution in [-0.2, 0) is 0 Å². The molecule has 0 bridgehead atoms.